The molecule has 106 valence electrons. The second kappa shape index (κ2) is 4.71. The Hall–Kier alpha value is -1.22. The SMILES string of the molecule is Cc1c(C)c2c(c(C)c1OO)CCC(C)(C(C)C)O2. The molecule has 0 saturated carbocycles. The van der Waals surface area contributed by atoms with Gasteiger partial charge in [-0.1, -0.05) is 13.8 Å². The second-order valence-electron chi connectivity index (χ2n) is 6.17. The van der Waals surface area contributed by atoms with Crippen LogP contribution in [-0.4, -0.2) is 10.9 Å². The van der Waals surface area contributed by atoms with Crippen LogP contribution in [0.1, 0.15) is 49.4 Å². The van der Waals surface area contributed by atoms with Gasteiger partial charge in [0.1, 0.15) is 11.4 Å². The molecule has 1 aliphatic rings. The minimum Gasteiger partial charge on any atom is -0.487 e. The minimum atomic E-state index is -0.113. The number of rotatable bonds is 2. The normalized spacial score (nSPS) is 22.1. The van der Waals surface area contributed by atoms with Crippen LogP contribution in [0.2, 0.25) is 0 Å². The van der Waals surface area contributed by atoms with Crippen LogP contribution in [0.5, 0.6) is 11.5 Å². The van der Waals surface area contributed by atoms with Crippen molar-refractivity contribution in [3.63, 3.8) is 0 Å². The summed E-state index contributed by atoms with van der Waals surface area (Å²) in [6.45, 7) is 12.6. The van der Waals surface area contributed by atoms with Crippen molar-refractivity contribution in [1.29, 1.82) is 0 Å². The van der Waals surface area contributed by atoms with Gasteiger partial charge in [0, 0.05) is 16.7 Å². The molecule has 0 radical (unpaired) electrons. The molecule has 0 amide bonds. The highest BCUT2D eigenvalue weighted by atomic mass is 17.1. The molecule has 1 aromatic carbocycles. The molecule has 0 bridgehead atoms. The van der Waals surface area contributed by atoms with Gasteiger partial charge in [-0.2, -0.15) is 0 Å². The van der Waals surface area contributed by atoms with Crippen LogP contribution < -0.4 is 9.62 Å². The largest absolute Gasteiger partial charge is 0.487 e. The lowest BCUT2D eigenvalue weighted by atomic mass is 9.81. The van der Waals surface area contributed by atoms with E-state index in [2.05, 4.69) is 25.7 Å². The lowest BCUT2D eigenvalue weighted by molar-refractivity contribution is -0.138. The van der Waals surface area contributed by atoms with Crippen LogP contribution in [0.3, 0.4) is 0 Å². The van der Waals surface area contributed by atoms with Gasteiger partial charge in [0.05, 0.1) is 0 Å². The van der Waals surface area contributed by atoms with Crippen molar-refractivity contribution < 1.29 is 14.9 Å². The second-order valence-corrected chi connectivity index (χ2v) is 6.17. The van der Waals surface area contributed by atoms with Gasteiger partial charge in [0.15, 0.2) is 5.75 Å². The first-order chi connectivity index (χ1) is 8.81. The average Bonchev–Trinajstić information content (AvgIpc) is 2.36. The molecule has 1 atom stereocenters. The molecule has 1 aliphatic heterocycles. The molecule has 1 heterocycles. The van der Waals surface area contributed by atoms with Crippen molar-refractivity contribution in [3.05, 3.63) is 22.3 Å². The smallest absolute Gasteiger partial charge is 0.171 e. The molecule has 1 aromatic rings. The van der Waals surface area contributed by atoms with Crippen LogP contribution in [-0.2, 0) is 6.42 Å². The Morgan fingerprint density at radius 2 is 1.79 bits per heavy atom. The summed E-state index contributed by atoms with van der Waals surface area (Å²) in [6.07, 6.45) is 1.96. The first-order valence-electron chi connectivity index (χ1n) is 6.95. The third-order valence-electron chi connectivity index (χ3n) is 4.83. The van der Waals surface area contributed by atoms with Crippen molar-refractivity contribution >= 4 is 0 Å². The number of hydrogen-bond donors (Lipinski definition) is 1. The Kier molecular flexibility index (Phi) is 3.52. The monoisotopic (exact) mass is 264 g/mol. The lowest BCUT2D eigenvalue weighted by Crippen LogP contribution is -2.41. The van der Waals surface area contributed by atoms with Crippen molar-refractivity contribution in [2.75, 3.05) is 0 Å². The summed E-state index contributed by atoms with van der Waals surface area (Å²) in [4.78, 5) is 4.57. The fourth-order valence-electron chi connectivity index (χ4n) is 2.80. The molecule has 1 unspecified atom stereocenters. The van der Waals surface area contributed by atoms with Crippen LogP contribution in [0.4, 0.5) is 0 Å². The van der Waals surface area contributed by atoms with Gasteiger partial charge >= 0.3 is 0 Å². The predicted octanol–water partition coefficient (Wildman–Crippen LogP) is 4.20. The van der Waals surface area contributed by atoms with Crippen LogP contribution in [0.15, 0.2) is 0 Å². The summed E-state index contributed by atoms with van der Waals surface area (Å²) in [5.74, 6) is 2.03. The van der Waals surface area contributed by atoms with Gasteiger partial charge in [0.25, 0.3) is 0 Å². The summed E-state index contributed by atoms with van der Waals surface area (Å²) in [7, 11) is 0. The maximum Gasteiger partial charge on any atom is 0.171 e. The predicted molar refractivity (Wildman–Crippen MR) is 76.1 cm³/mol. The van der Waals surface area contributed by atoms with Crippen LogP contribution in [0.25, 0.3) is 0 Å². The molecular weight excluding hydrogens is 240 g/mol. The molecule has 0 saturated heterocycles. The van der Waals surface area contributed by atoms with Crippen molar-refractivity contribution in [1.82, 2.24) is 0 Å². The Balaban J connectivity index is 2.58. The highest BCUT2D eigenvalue weighted by Crippen LogP contribution is 2.45. The molecule has 19 heavy (non-hydrogen) atoms. The molecular formula is C16H24O3. The van der Waals surface area contributed by atoms with E-state index in [4.69, 9.17) is 9.99 Å². The van der Waals surface area contributed by atoms with Gasteiger partial charge in [-0.05, 0) is 52.0 Å². The molecule has 3 heteroatoms. The first kappa shape index (κ1) is 14.2. The average molecular weight is 264 g/mol. The fraction of sp³-hybridized carbons (Fsp3) is 0.625. The van der Waals surface area contributed by atoms with E-state index >= 15 is 0 Å². The van der Waals surface area contributed by atoms with Crippen molar-refractivity contribution in [2.24, 2.45) is 5.92 Å². The summed E-state index contributed by atoms with van der Waals surface area (Å²) in [5.41, 5.74) is 4.07. The summed E-state index contributed by atoms with van der Waals surface area (Å²) >= 11 is 0. The molecule has 0 fully saturated rings. The Morgan fingerprint density at radius 3 is 2.32 bits per heavy atom. The zero-order chi connectivity index (χ0) is 14.4. The van der Waals surface area contributed by atoms with Crippen molar-refractivity contribution in [2.45, 2.75) is 60.0 Å². The van der Waals surface area contributed by atoms with Crippen molar-refractivity contribution in [3.8, 4) is 11.5 Å². The zero-order valence-corrected chi connectivity index (χ0v) is 12.8. The quantitative estimate of drug-likeness (QED) is 0.642. The van der Waals surface area contributed by atoms with E-state index in [1.807, 2.05) is 20.8 Å². The van der Waals surface area contributed by atoms with Gasteiger partial charge in [-0.25, -0.2) is 5.26 Å². The van der Waals surface area contributed by atoms with E-state index in [9.17, 15) is 0 Å². The maximum atomic E-state index is 9.08. The molecule has 0 spiro atoms. The van der Waals surface area contributed by atoms with Gasteiger partial charge in [-0.15, -0.1) is 0 Å². The van der Waals surface area contributed by atoms with E-state index in [0.29, 0.717) is 11.7 Å². The van der Waals surface area contributed by atoms with Crippen LogP contribution in [0, 0.1) is 26.7 Å². The molecule has 2 rings (SSSR count). The van der Waals surface area contributed by atoms with Gasteiger partial charge in [0.2, 0.25) is 0 Å². The highest BCUT2D eigenvalue weighted by molar-refractivity contribution is 5.58. The fourth-order valence-corrected chi connectivity index (χ4v) is 2.80. The third-order valence-corrected chi connectivity index (χ3v) is 4.83. The van der Waals surface area contributed by atoms with Gasteiger partial charge in [-0.3, -0.25) is 0 Å². The molecule has 0 aliphatic carbocycles. The Labute approximate surface area is 115 Å². The number of ether oxygens (including phenoxy) is 1. The topological polar surface area (TPSA) is 38.7 Å². The summed E-state index contributed by atoms with van der Waals surface area (Å²) < 4.78 is 6.34. The lowest BCUT2D eigenvalue weighted by Gasteiger charge is -2.40. The first-order valence-corrected chi connectivity index (χ1v) is 6.95. The summed E-state index contributed by atoms with van der Waals surface area (Å²) in [5, 5.41) is 9.08. The number of fused-ring (bicyclic) bond motifs is 1. The van der Waals surface area contributed by atoms with E-state index < -0.39 is 0 Å². The van der Waals surface area contributed by atoms with E-state index in [0.717, 1.165) is 35.3 Å². The molecule has 3 nitrogen and oxygen atoms in total. The number of benzene rings is 1. The number of hydrogen-bond acceptors (Lipinski definition) is 3. The molecule has 1 N–H and O–H groups in total. The van der Waals surface area contributed by atoms with Crippen LogP contribution >= 0.6 is 0 Å². The zero-order valence-electron chi connectivity index (χ0n) is 12.8. The standard InChI is InChI=1S/C16H24O3/c1-9(2)16(6)8-7-13-12(5)14(19-17)10(3)11(4)15(13)18-16/h9,17H,7-8H2,1-6H3. The van der Waals surface area contributed by atoms with Gasteiger partial charge < -0.3 is 9.62 Å². The van der Waals surface area contributed by atoms with E-state index in [-0.39, 0.29) is 5.60 Å². The summed E-state index contributed by atoms with van der Waals surface area (Å²) in [6, 6.07) is 0. The Morgan fingerprint density at radius 1 is 1.16 bits per heavy atom. The third kappa shape index (κ3) is 2.10. The minimum absolute atomic E-state index is 0.113. The van der Waals surface area contributed by atoms with E-state index in [1.54, 1.807) is 0 Å². The molecule has 0 aromatic heterocycles. The highest BCUT2D eigenvalue weighted by Gasteiger charge is 2.37. The Bertz CT molecular complexity index is 505. The van der Waals surface area contributed by atoms with E-state index in [1.165, 1.54) is 5.56 Å². The maximum absolute atomic E-state index is 9.08.